The number of carboxylic acids is 2. The highest BCUT2D eigenvalue weighted by Gasteiger charge is 2.21. The Morgan fingerprint density at radius 1 is 1.21 bits per heavy atom. The Kier molecular flexibility index (Phi) is 5.74. The molecule has 1 aromatic rings. The molecular weight excluding hydrogens is 268 g/mol. The molecule has 4 N–H and O–H groups in total. The number of hydrogen-bond acceptors (Lipinski definition) is 3. The molecule has 0 heterocycles. The molecule has 0 bridgehead atoms. The average molecular weight is 282 g/mol. The lowest BCUT2D eigenvalue weighted by Crippen LogP contribution is -2.46. The van der Waals surface area contributed by atoms with Crippen LogP contribution in [0, 0.1) is 0 Å². The molecule has 0 fully saturated rings. The van der Waals surface area contributed by atoms with Gasteiger partial charge in [-0.3, -0.25) is 4.79 Å². The third kappa shape index (κ3) is 5.82. The third-order valence-electron chi connectivity index (χ3n) is 2.28. The van der Waals surface area contributed by atoms with Gasteiger partial charge in [-0.05, 0) is 17.8 Å². The van der Waals surface area contributed by atoms with Gasteiger partial charge < -0.3 is 20.8 Å². The summed E-state index contributed by atoms with van der Waals surface area (Å²) in [7, 11) is 0. The molecule has 6 nitrogen and oxygen atoms in total. The minimum atomic E-state index is -1.26. The fraction of sp³-hybridized carbons (Fsp3) is 0.250. The van der Waals surface area contributed by atoms with Crippen molar-refractivity contribution in [2.75, 3.05) is 0 Å². The van der Waals surface area contributed by atoms with Gasteiger partial charge in [0.2, 0.25) is 0 Å². The van der Waals surface area contributed by atoms with Crippen LogP contribution in [-0.2, 0) is 16.1 Å². The number of benzene rings is 1. The Hall–Kier alpha value is -2.15. The summed E-state index contributed by atoms with van der Waals surface area (Å²) < 4.78 is 0. The first-order valence-electron chi connectivity index (χ1n) is 5.52. The maximum Gasteiger partial charge on any atom is 0.326 e. The zero-order chi connectivity index (χ0) is 14.3. The summed E-state index contributed by atoms with van der Waals surface area (Å²) in [6, 6.07) is 8.17. The molecule has 102 valence electrons. The van der Waals surface area contributed by atoms with Crippen LogP contribution >= 0.6 is 12.2 Å². The highest BCUT2D eigenvalue weighted by molar-refractivity contribution is 7.80. The van der Waals surface area contributed by atoms with Crippen LogP contribution in [0.3, 0.4) is 0 Å². The molecule has 0 aliphatic rings. The Balaban J connectivity index is 2.45. The van der Waals surface area contributed by atoms with Crippen LogP contribution in [0.15, 0.2) is 30.3 Å². The lowest BCUT2D eigenvalue weighted by atomic mass is 10.2. The highest BCUT2D eigenvalue weighted by Crippen LogP contribution is 1.98. The molecule has 1 aromatic carbocycles. The first-order chi connectivity index (χ1) is 8.99. The fourth-order valence-electron chi connectivity index (χ4n) is 1.36. The number of carbonyl (C=O) groups is 2. The van der Waals surface area contributed by atoms with Crippen molar-refractivity contribution in [2.45, 2.75) is 19.0 Å². The molecule has 1 atom stereocenters. The molecule has 7 heteroatoms. The van der Waals surface area contributed by atoms with Gasteiger partial charge in [-0.2, -0.15) is 0 Å². The fourth-order valence-corrected chi connectivity index (χ4v) is 1.58. The van der Waals surface area contributed by atoms with Crippen molar-refractivity contribution in [1.82, 2.24) is 10.6 Å². The van der Waals surface area contributed by atoms with Crippen molar-refractivity contribution < 1.29 is 19.8 Å². The Labute approximate surface area is 115 Å². The van der Waals surface area contributed by atoms with Gasteiger partial charge in [-0.1, -0.05) is 30.3 Å². The van der Waals surface area contributed by atoms with E-state index in [-0.39, 0.29) is 5.11 Å². The summed E-state index contributed by atoms with van der Waals surface area (Å²) in [6.45, 7) is 0.437. The maximum atomic E-state index is 10.8. The van der Waals surface area contributed by atoms with E-state index in [1.807, 2.05) is 30.3 Å². The molecule has 0 aliphatic carbocycles. The van der Waals surface area contributed by atoms with Crippen molar-refractivity contribution in [3.05, 3.63) is 35.9 Å². The van der Waals surface area contributed by atoms with Gasteiger partial charge in [0.1, 0.15) is 6.04 Å². The molecule has 0 spiro atoms. The van der Waals surface area contributed by atoms with Crippen LogP contribution in [-0.4, -0.2) is 33.3 Å². The van der Waals surface area contributed by atoms with Gasteiger partial charge in [0, 0.05) is 6.54 Å². The molecule has 19 heavy (non-hydrogen) atoms. The standard InChI is InChI=1S/C12H14N2O4S/c15-10(16)6-9(11(17)18)14-12(19)13-7-8-4-2-1-3-5-8/h1-5,9H,6-7H2,(H,15,16)(H,17,18)(H2,13,14,19)/t9-/m1/s1. The van der Waals surface area contributed by atoms with Crippen LogP contribution in [0.4, 0.5) is 0 Å². The highest BCUT2D eigenvalue weighted by atomic mass is 32.1. The summed E-state index contributed by atoms with van der Waals surface area (Å²) in [5.41, 5.74) is 0.983. The lowest BCUT2D eigenvalue weighted by Gasteiger charge is -2.15. The Bertz CT molecular complexity index is 464. The molecule has 0 amide bonds. The number of aliphatic carboxylic acids is 2. The molecule has 0 aliphatic heterocycles. The van der Waals surface area contributed by atoms with E-state index < -0.39 is 24.4 Å². The van der Waals surface area contributed by atoms with Crippen LogP contribution in [0.5, 0.6) is 0 Å². The van der Waals surface area contributed by atoms with Crippen LogP contribution in [0.25, 0.3) is 0 Å². The Morgan fingerprint density at radius 3 is 2.37 bits per heavy atom. The first-order valence-corrected chi connectivity index (χ1v) is 5.92. The molecule has 0 unspecified atom stereocenters. The Morgan fingerprint density at radius 2 is 1.84 bits per heavy atom. The van der Waals surface area contributed by atoms with Crippen molar-refractivity contribution in [1.29, 1.82) is 0 Å². The molecule has 1 rings (SSSR count). The van der Waals surface area contributed by atoms with Gasteiger partial charge in [0.15, 0.2) is 5.11 Å². The maximum absolute atomic E-state index is 10.8. The van der Waals surface area contributed by atoms with Gasteiger partial charge in [0.25, 0.3) is 0 Å². The summed E-state index contributed by atoms with van der Waals surface area (Å²) in [5.74, 6) is -2.46. The van der Waals surface area contributed by atoms with Gasteiger partial charge in [-0.25, -0.2) is 4.79 Å². The van der Waals surface area contributed by atoms with E-state index in [1.54, 1.807) is 0 Å². The SMILES string of the molecule is O=C(O)C[C@@H](NC(=S)NCc1ccccc1)C(=O)O. The zero-order valence-corrected chi connectivity index (χ0v) is 10.8. The van der Waals surface area contributed by atoms with Gasteiger partial charge in [0.05, 0.1) is 6.42 Å². The first kappa shape index (κ1) is 14.9. The number of nitrogens with one attached hydrogen (secondary N) is 2. The van der Waals surface area contributed by atoms with Crippen LogP contribution < -0.4 is 10.6 Å². The van der Waals surface area contributed by atoms with E-state index in [1.165, 1.54) is 0 Å². The predicted molar refractivity (Wildman–Crippen MR) is 72.7 cm³/mol. The number of thiocarbonyl (C=S) groups is 1. The minimum Gasteiger partial charge on any atom is -0.481 e. The zero-order valence-electron chi connectivity index (χ0n) is 10.00. The number of carboxylic acid groups (broad SMARTS) is 2. The molecule has 0 saturated heterocycles. The topological polar surface area (TPSA) is 98.7 Å². The lowest BCUT2D eigenvalue weighted by molar-refractivity contribution is -0.145. The smallest absolute Gasteiger partial charge is 0.326 e. The van der Waals surface area contributed by atoms with E-state index in [0.717, 1.165) is 5.56 Å². The van der Waals surface area contributed by atoms with E-state index in [9.17, 15) is 9.59 Å². The molecular formula is C12H14N2O4S. The van der Waals surface area contributed by atoms with Crippen LogP contribution in [0.2, 0.25) is 0 Å². The monoisotopic (exact) mass is 282 g/mol. The number of hydrogen-bond donors (Lipinski definition) is 4. The predicted octanol–water partition coefficient (Wildman–Crippen LogP) is 0.579. The van der Waals surface area contributed by atoms with Crippen LogP contribution in [0.1, 0.15) is 12.0 Å². The second-order valence-corrected chi connectivity index (χ2v) is 4.21. The van der Waals surface area contributed by atoms with E-state index in [2.05, 4.69) is 10.6 Å². The molecule has 0 radical (unpaired) electrons. The van der Waals surface area contributed by atoms with E-state index >= 15 is 0 Å². The molecule has 0 saturated carbocycles. The van der Waals surface area contributed by atoms with Crippen molar-refractivity contribution >= 4 is 29.3 Å². The summed E-state index contributed by atoms with van der Waals surface area (Å²) in [4.78, 5) is 21.3. The van der Waals surface area contributed by atoms with Crippen molar-refractivity contribution in [3.8, 4) is 0 Å². The second kappa shape index (κ2) is 7.32. The van der Waals surface area contributed by atoms with Crippen molar-refractivity contribution in [2.24, 2.45) is 0 Å². The summed E-state index contributed by atoms with van der Waals surface area (Å²) >= 11 is 4.92. The average Bonchev–Trinajstić information content (AvgIpc) is 2.36. The largest absolute Gasteiger partial charge is 0.481 e. The minimum absolute atomic E-state index is 0.109. The van der Waals surface area contributed by atoms with Gasteiger partial charge >= 0.3 is 11.9 Å². The third-order valence-corrected chi connectivity index (χ3v) is 2.54. The van der Waals surface area contributed by atoms with E-state index in [0.29, 0.717) is 6.54 Å². The quantitative estimate of drug-likeness (QED) is 0.566. The molecule has 0 aromatic heterocycles. The normalized spacial score (nSPS) is 11.4. The van der Waals surface area contributed by atoms with E-state index in [4.69, 9.17) is 22.4 Å². The summed E-state index contributed by atoms with van der Waals surface area (Å²) in [5, 5.41) is 22.8. The second-order valence-electron chi connectivity index (χ2n) is 3.80. The summed E-state index contributed by atoms with van der Waals surface area (Å²) in [6.07, 6.45) is -0.539. The van der Waals surface area contributed by atoms with Gasteiger partial charge in [-0.15, -0.1) is 0 Å². The van der Waals surface area contributed by atoms with Crippen molar-refractivity contribution in [3.63, 3.8) is 0 Å². The number of rotatable bonds is 6.